The number of nitrogens with one attached hydrogen (secondary N) is 2. The number of amides is 1. The van der Waals surface area contributed by atoms with E-state index in [-0.39, 0.29) is 17.6 Å². The summed E-state index contributed by atoms with van der Waals surface area (Å²) >= 11 is 0. The molecule has 0 bridgehead atoms. The maximum Gasteiger partial charge on any atom is 0.269 e. The molecular weight excluding hydrogens is 258 g/mol. The number of nitro groups is 1. The summed E-state index contributed by atoms with van der Waals surface area (Å²) in [5.41, 5.74) is 1.13. The lowest BCUT2D eigenvalue weighted by molar-refractivity contribution is -0.384. The highest BCUT2D eigenvalue weighted by Crippen LogP contribution is 2.17. The molecule has 0 spiro atoms. The number of nitrogens with zero attached hydrogens (tertiary/aromatic N) is 1. The van der Waals surface area contributed by atoms with Gasteiger partial charge in [-0.2, -0.15) is 0 Å². The number of non-ortho nitro benzene ring substituents is 1. The standard InChI is InChI=1S/C14H19N3O3/c1-10-8-12(17(19)20)5-6-13(10)14(18)16-11-4-2-3-7-15-9-11/h5-6,8,11,15H,2-4,7,9H2,1H3,(H,16,18). The topological polar surface area (TPSA) is 84.3 Å². The van der Waals surface area contributed by atoms with Crippen molar-refractivity contribution in [3.63, 3.8) is 0 Å². The number of rotatable bonds is 3. The van der Waals surface area contributed by atoms with Gasteiger partial charge in [0.15, 0.2) is 0 Å². The second-order valence-corrected chi connectivity index (χ2v) is 5.13. The summed E-state index contributed by atoms with van der Waals surface area (Å²) in [5, 5.41) is 17.0. The van der Waals surface area contributed by atoms with E-state index in [0.29, 0.717) is 11.1 Å². The molecule has 1 unspecified atom stereocenters. The molecule has 1 saturated heterocycles. The van der Waals surface area contributed by atoms with Gasteiger partial charge in [-0.25, -0.2) is 0 Å². The summed E-state index contributed by atoms with van der Waals surface area (Å²) in [6.07, 6.45) is 3.19. The first kappa shape index (κ1) is 14.5. The quantitative estimate of drug-likeness (QED) is 0.651. The van der Waals surface area contributed by atoms with Gasteiger partial charge in [0.25, 0.3) is 11.6 Å². The molecule has 1 aromatic carbocycles. The molecule has 1 amide bonds. The summed E-state index contributed by atoms with van der Waals surface area (Å²) in [5.74, 6) is -0.161. The Morgan fingerprint density at radius 1 is 1.45 bits per heavy atom. The van der Waals surface area contributed by atoms with E-state index >= 15 is 0 Å². The van der Waals surface area contributed by atoms with Crippen LogP contribution in [0.1, 0.15) is 35.2 Å². The smallest absolute Gasteiger partial charge is 0.269 e. The Hall–Kier alpha value is -1.95. The van der Waals surface area contributed by atoms with Crippen molar-refractivity contribution >= 4 is 11.6 Å². The zero-order chi connectivity index (χ0) is 14.5. The lowest BCUT2D eigenvalue weighted by atomic mass is 10.1. The van der Waals surface area contributed by atoms with Gasteiger partial charge in [0.05, 0.1) is 4.92 Å². The van der Waals surface area contributed by atoms with Gasteiger partial charge in [0.1, 0.15) is 0 Å². The molecule has 20 heavy (non-hydrogen) atoms. The Bertz CT molecular complexity index is 508. The van der Waals surface area contributed by atoms with Crippen molar-refractivity contribution in [2.45, 2.75) is 32.2 Å². The molecule has 1 atom stereocenters. The normalized spacial score (nSPS) is 19.1. The van der Waals surface area contributed by atoms with Crippen LogP contribution in [0.4, 0.5) is 5.69 Å². The molecular formula is C14H19N3O3. The number of carbonyl (C=O) groups excluding carboxylic acids is 1. The van der Waals surface area contributed by atoms with Gasteiger partial charge >= 0.3 is 0 Å². The molecule has 2 rings (SSSR count). The summed E-state index contributed by atoms with van der Waals surface area (Å²) < 4.78 is 0. The van der Waals surface area contributed by atoms with Crippen LogP contribution in [0.3, 0.4) is 0 Å². The van der Waals surface area contributed by atoms with Gasteiger partial charge in [0, 0.05) is 30.3 Å². The number of benzene rings is 1. The molecule has 108 valence electrons. The van der Waals surface area contributed by atoms with Crippen molar-refractivity contribution in [1.29, 1.82) is 0 Å². The molecule has 1 fully saturated rings. The zero-order valence-corrected chi connectivity index (χ0v) is 11.5. The maximum atomic E-state index is 12.2. The largest absolute Gasteiger partial charge is 0.348 e. The first-order chi connectivity index (χ1) is 9.58. The van der Waals surface area contributed by atoms with Gasteiger partial charge in [-0.15, -0.1) is 0 Å². The number of hydrogen-bond donors (Lipinski definition) is 2. The van der Waals surface area contributed by atoms with Crippen molar-refractivity contribution in [1.82, 2.24) is 10.6 Å². The SMILES string of the molecule is Cc1cc([N+](=O)[O-])ccc1C(=O)NC1CCCCNC1. The Morgan fingerprint density at radius 3 is 2.95 bits per heavy atom. The first-order valence-electron chi connectivity index (χ1n) is 6.84. The lowest BCUT2D eigenvalue weighted by Crippen LogP contribution is -2.41. The van der Waals surface area contributed by atoms with E-state index in [2.05, 4.69) is 10.6 Å². The van der Waals surface area contributed by atoms with Crippen molar-refractivity contribution in [3.05, 3.63) is 39.4 Å². The molecule has 0 aliphatic carbocycles. The Labute approximate surface area is 117 Å². The van der Waals surface area contributed by atoms with E-state index in [4.69, 9.17) is 0 Å². The molecule has 1 aliphatic rings. The van der Waals surface area contributed by atoms with E-state index in [1.807, 2.05) is 0 Å². The molecule has 0 saturated carbocycles. The zero-order valence-electron chi connectivity index (χ0n) is 11.5. The fourth-order valence-electron chi connectivity index (χ4n) is 2.42. The first-order valence-corrected chi connectivity index (χ1v) is 6.84. The highest BCUT2D eigenvalue weighted by Gasteiger charge is 2.18. The minimum atomic E-state index is -0.454. The van der Waals surface area contributed by atoms with Crippen LogP contribution in [-0.2, 0) is 0 Å². The lowest BCUT2D eigenvalue weighted by Gasteiger charge is -2.17. The second-order valence-electron chi connectivity index (χ2n) is 5.13. The van der Waals surface area contributed by atoms with E-state index in [1.165, 1.54) is 18.2 Å². The van der Waals surface area contributed by atoms with E-state index < -0.39 is 4.92 Å². The van der Waals surface area contributed by atoms with Crippen LogP contribution in [0, 0.1) is 17.0 Å². The van der Waals surface area contributed by atoms with Crippen molar-refractivity contribution in [2.75, 3.05) is 13.1 Å². The van der Waals surface area contributed by atoms with Gasteiger partial charge in [0.2, 0.25) is 0 Å². The predicted molar refractivity (Wildman–Crippen MR) is 75.8 cm³/mol. The molecule has 2 N–H and O–H groups in total. The highest BCUT2D eigenvalue weighted by molar-refractivity contribution is 5.96. The van der Waals surface area contributed by atoms with Gasteiger partial charge in [-0.1, -0.05) is 6.42 Å². The van der Waals surface area contributed by atoms with Crippen LogP contribution in [-0.4, -0.2) is 30.0 Å². The Morgan fingerprint density at radius 2 is 2.25 bits per heavy atom. The number of carbonyl (C=O) groups is 1. The monoisotopic (exact) mass is 277 g/mol. The molecule has 1 aromatic rings. The van der Waals surface area contributed by atoms with Crippen molar-refractivity contribution in [2.24, 2.45) is 0 Å². The molecule has 6 nitrogen and oxygen atoms in total. The van der Waals surface area contributed by atoms with Crippen LogP contribution in [0.5, 0.6) is 0 Å². The Kier molecular flexibility index (Phi) is 4.68. The number of aryl methyl sites for hydroxylation is 1. The van der Waals surface area contributed by atoms with Gasteiger partial charge in [-0.3, -0.25) is 14.9 Å². The third-order valence-corrected chi connectivity index (χ3v) is 3.55. The van der Waals surface area contributed by atoms with Crippen molar-refractivity contribution < 1.29 is 9.72 Å². The fourth-order valence-corrected chi connectivity index (χ4v) is 2.42. The summed E-state index contributed by atoms with van der Waals surface area (Å²) in [6, 6.07) is 4.44. The van der Waals surface area contributed by atoms with E-state index in [9.17, 15) is 14.9 Å². The predicted octanol–water partition coefficient (Wildman–Crippen LogP) is 1.78. The highest BCUT2D eigenvalue weighted by atomic mass is 16.6. The molecule has 0 radical (unpaired) electrons. The van der Waals surface area contributed by atoms with Gasteiger partial charge in [-0.05, 0) is 37.9 Å². The third kappa shape index (κ3) is 3.54. The summed E-state index contributed by atoms with van der Waals surface area (Å²) in [6.45, 7) is 3.48. The third-order valence-electron chi connectivity index (χ3n) is 3.55. The summed E-state index contributed by atoms with van der Waals surface area (Å²) in [4.78, 5) is 22.5. The average Bonchev–Trinajstić information content (AvgIpc) is 2.67. The second kappa shape index (κ2) is 6.47. The maximum absolute atomic E-state index is 12.2. The van der Waals surface area contributed by atoms with Crippen LogP contribution < -0.4 is 10.6 Å². The molecule has 1 aliphatic heterocycles. The van der Waals surface area contributed by atoms with Crippen LogP contribution in [0.25, 0.3) is 0 Å². The van der Waals surface area contributed by atoms with E-state index in [1.54, 1.807) is 6.92 Å². The van der Waals surface area contributed by atoms with Crippen LogP contribution in [0.15, 0.2) is 18.2 Å². The number of hydrogen-bond acceptors (Lipinski definition) is 4. The average molecular weight is 277 g/mol. The molecule has 6 heteroatoms. The Balaban J connectivity index is 2.06. The van der Waals surface area contributed by atoms with Crippen LogP contribution >= 0.6 is 0 Å². The van der Waals surface area contributed by atoms with Gasteiger partial charge < -0.3 is 10.6 Å². The fraction of sp³-hybridized carbons (Fsp3) is 0.500. The minimum absolute atomic E-state index is 0.00943. The minimum Gasteiger partial charge on any atom is -0.348 e. The van der Waals surface area contributed by atoms with Crippen LogP contribution in [0.2, 0.25) is 0 Å². The van der Waals surface area contributed by atoms with E-state index in [0.717, 1.165) is 32.4 Å². The number of nitro benzene ring substituents is 1. The van der Waals surface area contributed by atoms with Crippen molar-refractivity contribution in [3.8, 4) is 0 Å². The molecule has 0 aromatic heterocycles. The molecule has 1 heterocycles. The summed E-state index contributed by atoms with van der Waals surface area (Å²) in [7, 11) is 0.